The van der Waals surface area contributed by atoms with Gasteiger partial charge in [0.2, 0.25) is 0 Å². The lowest BCUT2D eigenvalue weighted by Crippen LogP contribution is -3.00. The largest absolute Gasteiger partial charge is 1.00 e. The van der Waals surface area contributed by atoms with Gasteiger partial charge in [0.15, 0.2) is 0 Å². The molecule has 0 aromatic rings. The summed E-state index contributed by atoms with van der Waals surface area (Å²) in [5.41, 5.74) is 3.25. The third kappa shape index (κ3) is 527. The van der Waals surface area contributed by atoms with Crippen LogP contribution in [0.3, 0.4) is 0 Å². The molecule has 0 atom stereocenters. The molecular weight excluding hydrogens is 135 g/mol. The number of halogens is 2. The van der Waals surface area contributed by atoms with Crippen molar-refractivity contribution < 1.29 is 35.9 Å². The second-order valence-corrected chi connectivity index (χ2v) is 0.577. The van der Waals surface area contributed by atoms with Crippen molar-refractivity contribution in [3.63, 3.8) is 0 Å². The number of hydrogen-bond donors (Lipinski definition) is 2. The molecule has 0 aliphatic carbocycles. The maximum atomic E-state index is 3.25. The molecule has 2 nitrogen and oxygen atoms in total. The summed E-state index contributed by atoms with van der Waals surface area (Å²) < 4.78 is 0. The molecule has 0 saturated heterocycles. The van der Waals surface area contributed by atoms with Crippen molar-refractivity contribution in [1.82, 2.24) is 0 Å². The summed E-state index contributed by atoms with van der Waals surface area (Å²) >= 11 is 0. The first-order valence-corrected chi connectivity index (χ1v) is 1.86. The predicted octanol–water partition coefficient (Wildman–Crippen LogP) is -8.32. The van der Waals surface area contributed by atoms with E-state index in [0.717, 1.165) is 0 Å². The molecule has 4 heteroatoms. The average Bonchev–Trinajstić information content (AvgIpc) is 1.46. The molecule has 50 valence electrons. The first kappa shape index (κ1) is 25.9. The number of hydrogen-bond acceptors (Lipinski definition) is 0. The zero-order valence-electron chi connectivity index (χ0n) is 5.04. The Kier molecular flexibility index (Phi) is 323. The van der Waals surface area contributed by atoms with Crippen LogP contribution in [0, 0.1) is 0 Å². The van der Waals surface area contributed by atoms with Crippen molar-refractivity contribution in [3.8, 4) is 0 Å². The molecule has 0 fully saturated rings. The predicted molar refractivity (Wildman–Crippen MR) is 22.6 cm³/mol. The lowest BCUT2D eigenvalue weighted by molar-refractivity contribution is -0.597. The SMILES string of the molecule is C[NH2+]C.C[NH3+].[Cl-].[Cl-]. The van der Waals surface area contributed by atoms with Gasteiger partial charge in [-0.25, -0.2) is 0 Å². The van der Waals surface area contributed by atoms with Gasteiger partial charge >= 0.3 is 0 Å². The summed E-state index contributed by atoms with van der Waals surface area (Å²) in [7, 11) is 5.75. The number of nitrogens with two attached hydrogens (primary N) is 1. The van der Waals surface area contributed by atoms with Gasteiger partial charge in [0, 0.05) is 0 Å². The van der Waals surface area contributed by atoms with Gasteiger partial charge in [-0.2, -0.15) is 0 Å². The first-order chi connectivity index (χ1) is 2.41. The van der Waals surface area contributed by atoms with Crippen molar-refractivity contribution in [2.24, 2.45) is 0 Å². The van der Waals surface area contributed by atoms with E-state index in [-0.39, 0.29) is 24.8 Å². The van der Waals surface area contributed by atoms with Crippen LogP contribution in [0.5, 0.6) is 0 Å². The highest BCUT2D eigenvalue weighted by atomic mass is 35.5. The van der Waals surface area contributed by atoms with Gasteiger partial charge in [0.05, 0.1) is 21.1 Å². The van der Waals surface area contributed by atoms with E-state index in [2.05, 4.69) is 5.73 Å². The van der Waals surface area contributed by atoms with Gasteiger partial charge in [0.25, 0.3) is 0 Å². The monoisotopic (exact) mass is 148 g/mol. The Morgan fingerprint density at radius 2 is 1.00 bits per heavy atom. The molecule has 0 bridgehead atoms. The van der Waals surface area contributed by atoms with Crippen molar-refractivity contribution in [1.29, 1.82) is 0 Å². The fourth-order valence-corrected chi connectivity index (χ4v) is 0. The van der Waals surface area contributed by atoms with E-state index >= 15 is 0 Å². The molecule has 0 aromatic carbocycles. The molecule has 0 rings (SSSR count). The van der Waals surface area contributed by atoms with Crippen LogP contribution in [0.15, 0.2) is 0 Å². The van der Waals surface area contributed by atoms with Crippen LogP contribution >= 0.6 is 0 Å². The van der Waals surface area contributed by atoms with Gasteiger partial charge in [0.1, 0.15) is 0 Å². The smallest absolute Gasteiger partial charge is 0.0647 e. The summed E-state index contributed by atoms with van der Waals surface area (Å²) in [6.45, 7) is 0. The van der Waals surface area contributed by atoms with Crippen molar-refractivity contribution in [2.75, 3.05) is 21.1 Å². The maximum absolute atomic E-state index is 3.25. The lowest BCUT2D eigenvalue weighted by atomic mass is 11.3. The quantitative estimate of drug-likeness (QED) is 0.343. The maximum Gasteiger partial charge on any atom is 0.0647 e. The first-order valence-electron chi connectivity index (χ1n) is 1.86. The van der Waals surface area contributed by atoms with Crippen molar-refractivity contribution in [2.45, 2.75) is 0 Å². The standard InChI is InChI=1S/C2H7N.CH5N.2ClH/c1-3-2;1-2;;/h3H,1-2H3;2H2,1H3;2*1H. The van der Waals surface area contributed by atoms with E-state index < -0.39 is 0 Å². The van der Waals surface area contributed by atoms with Crippen LogP contribution in [0.4, 0.5) is 0 Å². The highest BCUT2D eigenvalue weighted by Crippen LogP contribution is 0.586. The Morgan fingerprint density at radius 1 is 1.00 bits per heavy atom. The molecular formula is C3H14Cl2N2. The Labute approximate surface area is 57.7 Å². The average molecular weight is 149 g/mol. The van der Waals surface area contributed by atoms with Crippen LogP contribution in [0.25, 0.3) is 0 Å². The van der Waals surface area contributed by atoms with Gasteiger partial charge in [-0.05, 0) is 0 Å². The van der Waals surface area contributed by atoms with E-state index in [1.165, 1.54) is 0 Å². The highest BCUT2D eigenvalue weighted by molar-refractivity contribution is 3.35. The summed E-state index contributed by atoms with van der Waals surface area (Å²) in [6, 6.07) is 0. The number of quaternary nitrogens is 2. The van der Waals surface area contributed by atoms with Crippen molar-refractivity contribution >= 4 is 0 Å². The fourth-order valence-electron chi connectivity index (χ4n) is 0. The molecule has 0 aliphatic rings. The number of rotatable bonds is 0. The van der Waals surface area contributed by atoms with E-state index in [1.807, 2.05) is 19.4 Å². The molecule has 0 aliphatic heterocycles. The highest BCUT2D eigenvalue weighted by Gasteiger charge is 1.29. The zero-order valence-corrected chi connectivity index (χ0v) is 6.55. The Bertz CT molecular complexity index is 10.9. The summed E-state index contributed by atoms with van der Waals surface area (Å²) in [5.74, 6) is 0. The Balaban J connectivity index is -0.0000000105. The molecule has 0 saturated carbocycles. The van der Waals surface area contributed by atoms with E-state index in [0.29, 0.717) is 0 Å². The van der Waals surface area contributed by atoms with E-state index in [4.69, 9.17) is 0 Å². The summed E-state index contributed by atoms with van der Waals surface area (Å²) in [6.07, 6.45) is 0. The molecule has 0 unspecified atom stereocenters. The van der Waals surface area contributed by atoms with E-state index in [9.17, 15) is 0 Å². The van der Waals surface area contributed by atoms with Crippen LogP contribution in [0.1, 0.15) is 0 Å². The topological polar surface area (TPSA) is 44.2 Å². The Hall–Kier alpha value is 0.500. The van der Waals surface area contributed by atoms with Crippen LogP contribution in [-0.2, 0) is 0 Å². The summed E-state index contributed by atoms with van der Waals surface area (Å²) in [4.78, 5) is 0. The Morgan fingerprint density at radius 3 is 1.00 bits per heavy atom. The molecule has 0 spiro atoms. The van der Waals surface area contributed by atoms with Crippen LogP contribution in [-0.4, -0.2) is 21.1 Å². The van der Waals surface area contributed by atoms with Crippen LogP contribution < -0.4 is 35.9 Å². The molecule has 0 aromatic heterocycles. The van der Waals surface area contributed by atoms with Gasteiger partial charge in [-0.3, -0.25) is 0 Å². The normalized spacial score (nSPS) is 3.43. The second kappa shape index (κ2) is 87.4. The zero-order chi connectivity index (χ0) is 4.71. The molecule has 0 amide bonds. The fraction of sp³-hybridized carbons (Fsp3) is 1.00. The van der Waals surface area contributed by atoms with Crippen LogP contribution in [0.2, 0.25) is 0 Å². The van der Waals surface area contributed by atoms with Gasteiger partial charge in [-0.15, -0.1) is 0 Å². The lowest BCUT2D eigenvalue weighted by Gasteiger charge is -1.57. The molecule has 0 radical (unpaired) electrons. The second-order valence-electron chi connectivity index (χ2n) is 0.577. The molecule has 7 heavy (non-hydrogen) atoms. The van der Waals surface area contributed by atoms with Crippen molar-refractivity contribution in [3.05, 3.63) is 0 Å². The minimum atomic E-state index is 0. The molecule has 5 N–H and O–H groups in total. The minimum Gasteiger partial charge on any atom is -1.00 e. The molecule has 0 heterocycles. The third-order valence-corrected chi connectivity index (χ3v) is 0. The van der Waals surface area contributed by atoms with E-state index in [1.54, 1.807) is 7.05 Å². The van der Waals surface area contributed by atoms with Gasteiger partial charge < -0.3 is 35.9 Å². The van der Waals surface area contributed by atoms with Gasteiger partial charge in [-0.1, -0.05) is 0 Å². The summed E-state index contributed by atoms with van der Waals surface area (Å²) in [5, 5.41) is 2.00. The minimum absolute atomic E-state index is 0. The third-order valence-electron chi connectivity index (χ3n) is 0.